The Kier molecular flexibility index (Phi) is 5.98. The minimum Gasteiger partial charge on any atom is -0.481 e. The lowest BCUT2D eigenvalue weighted by Crippen LogP contribution is -2.27. The highest BCUT2D eigenvalue weighted by Crippen LogP contribution is 2.37. The van der Waals surface area contributed by atoms with Crippen molar-refractivity contribution in [3.8, 4) is 5.75 Å². The molecule has 0 bridgehead atoms. The molecule has 2 amide bonds. The number of thioether (sulfide) groups is 1. The van der Waals surface area contributed by atoms with Crippen molar-refractivity contribution in [2.75, 3.05) is 18.6 Å². The first-order valence-corrected chi connectivity index (χ1v) is 9.42. The zero-order chi connectivity index (χ0) is 19.4. The minimum atomic E-state index is -0.520. The van der Waals surface area contributed by atoms with Crippen molar-refractivity contribution in [2.45, 2.75) is 0 Å². The topological polar surface area (TPSA) is 72.9 Å². The van der Waals surface area contributed by atoms with Crippen LogP contribution in [0.4, 0.5) is 10.5 Å². The van der Waals surface area contributed by atoms with Crippen LogP contribution in [-0.2, 0) is 14.3 Å². The number of ether oxygens (including phenoxy) is 2. The lowest BCUT2D eigenvalue weighted by atomic mass is 10.2. The Hall–Kier alpha value is -2.58. The molecule has 0 unspecified atom stereocenters. The second-order valence-electron chi connectivity index (χ2n) is 5.40. The first kappa shape index (κ1) is 19.2. The zero-order valence-electron chi connectivity index (χ0n) is 14.2. The lowest BCUT2D eigenvalue weighted by Gasteiger charge is -2.12. The molecule has 1 fully saturated rings. The Balaban J connectivity index is 1.90. The fourth-order valence-corrected chi connectivity index (χ4v) is 3.58. The molecule has 1 saturated heterocycles. The number of hydrogen-bond acceptors (Lipinski definition) is 6. The second kappa shape index (κ2) is 8.41. The van der Waals surface area contributed by atoms with Crippen LogP contribution < -0.4 is 9.64 Å². The number of anilines is 1. The molecule has 0 radical (unpaired) electrons. The number of esters is 1. The van der Waals surface area contributed by atoms with Gasteiger partial charge in [-0.25, -0.2) is 9.69 Å². The number of methoxy groups -OCH3 is 1. The molecule has 1 heterocycles. The fourth-order valence-electron chi connectivity index (χ4n) is 2.37. The van der Waals surface area contributed by atoms with Crippen molar-refractivity contribution in [3.63, 3.8) is 0 Å². The van der Waals surface area contributed by atoms with Crippen LogP contribution in [0, 0.1) is 0 Å². The van der Waals surface area contributed by atoms with Gasteiger partial charge >= 0.3 is 5.97 Å². The number of halogens is 1. The highest BCUT2D eigenvalue weighted by atomic mass is 79.9. The molecule has 0 N–H and O–H groups in total. The van der Waals surface area contributed by atoms with Crippen LogP contribution in [0.15, 0.2) is 57.9 Å². The number of nitrogens with zero attached hydrogens (tertiary/aromatic N) is 1. The number of carbonyl (C=O) groups is 3. The van der Waals surface area contributed by atoms with Crippen molar-refractivity contribution in [3.05, 3.63) is 63.5 Å². The molecule has 138 valence electrons. The van der Waals surface area contributed by atoms with Gasteiger partial charge < -0.3 is 9.47 Å². The summed E-state index contributed by atoms with van der Waals surface area (Å²) >= 11 is 4.22. The Labute approximate surface area is 168 Å². The SMILES string of the molecule is COC(=O)COc1ccc(Br)cc1/C=C1\SC(=O)N(c2ccccc2)C1=O. The molecular formula is C19H14BrNO5S. The molecule has 0 spiro atoms. The Morgan fingerprint density at radius 2 is 1.93 bits per heavy atom. The van der Waals surface area contributed by atoms with Crippen molar-refractivity contribution >= 4 is 56.6 Å². The smallest absolute Gasteiger partial charge is 0.343 e. The Bertz CT molecular complexity index is 929. The lowest BCUT2D eigenvalue weighted by molar-refractivity contribution is -0.142. The van der Waals surface area contributed by atoms with E-state index in [1.807, 2.05) is 6.07 Å². The summed E-state index contributed by atoms with van der Waals surface area (Å²) in [7, 11) is 1.27. The summed E-state index contributed by atoms with van der Waals surface area (Å²) in [4.78, 5) is 37.8. The first-order valence-electron chi connectivity index (χ1n) is 7.82. The minimum absolute atomic E-state index is 0.259. The molecule has 0 aliphatic carbocycles. The average Bonchev–Trinajstić information content (AvgIpc) is 2.94. The third-order valence-electron chi connectivity index (χ3n) is 3.64. The van der Waals surface area contributed by atoms with E-state index in [0.29, 0.717) is 17.0 Å². The van der Waals surface area contributed by atoms with Crippen LogP contribution in [-0.4, -0.2) is 30.8 Å². The van der Waals surface area contributed by atoms with Crippen LogP contribution in [0.1, 0.15) is 5.56 Å². The average molecular weight is 448 g/mol. The third kappa shape index (κ3) is 4.40. The van der Waals surface area contributed by atoms with Crippen LogP contribution in [0.2, 0.25) is 0 Å². The van der Waals surface area contributed by atoms with Crippen LogP contribution in [0.5, 0.6) is 5.75 Å². The molecule has 1 aliphatic rings. The summed E-state index contributed by atoms with van der Waals surface area (Å²) < 4.78 is 10.8. The number of amides is 2. The third-order valence-corrected chi connectivity index (χ3v) is 5.00. The van der Waals surface area contributed by atoms with Gasteiger partial charge in [0.2, 0.25) is 0 Å². The molecule has 0 aromatic heterocycles. The highest BCUT2D eigenvalue weighted by molar-refractivity contribution is 9.10. The molecule has 8 heteroatoms. The van der Waals surface area contributed by atoms with Gasteiger partial charge in [0, 0.05) is 10.0 Å². The van der Waals surface area contributed by atoms with E-state index >= 15 is 0 Å². The molecule has 2 aromatic rings. The van der Waals surface area contributed by atoms with Gasteiger partial charge in [-0.15, -0.1) is 0 Å². The van der Waals surface area contributed by atoms with E-state index in [4.69, 9.17) is 4.74 Å². The van der Waals surface area contributed by atoms with Crippen molar-refractivity contribution in [2.24, 2.45) is 0 Å². The van der Waals surface area contributed by atoms with Gasteiger partial charge in [0.05, 0.1) is 17.7 Å². The summed E-state index contributed by atoms with van der Waals surface area (Å²) in [6, 6.07) is 13.9. The van der Waals surface area contributed by atoms with E-state index in [1.54, 1.807) is 48.5 Å². The quantitative estimate of drug-likeness (QED) is 0.503. The molecule has 6 nitrogen and oxygen atoms in total. The molecule has 1 aliphatic heterocycles. The van der Waals surface area contributed by atoms with E-state index in [0.717, 1.165) is 21.1 Å². The maximum absolute atomic E-state index is 12.7. The molecule has 3 rings (SSSR count). The number of hydrogen-bond donors (Lipinski definition) is 0. The number of carbonyl (C=O) groups excluding carboxylic acids is 3. The highest BCUT2D eigenvalue weighted by Gasteiger charge is 2.36. The van der Waals surface area contributed by atoms with Gasteiger partial charge in [0.15, 0.2) is 6.61 Å². The number of rotatable bonds is 5. The maximum Gasteiger partial charge on any atom is 0.343 e. The molecular weight excluding hydrogens is 434 g/mol. The second-order valence-corrected chi connectivity index (χ2v) is 7.31. The maximum atomic E-state index is 12.7. The molecule has 0 saturated carbocycles. The van der Waals surface area contributed by atoms with Crippen LogP contribution in [0.3, 0.4) is 0 Å². The molecule has 2 aromatic carbocycles. The van der Waals surface area contributed by atoms with Gasteiger partial charge in [-0.3, -0.25) is 9.59 Å². The van der Waals surface area contributed by atoms with E-state index in [-0.39, 0.29) is 16.8 Å². The number of para-hydroxylation sites is 1. The van der Waals surface area contributed by atoms with Crippen molar-refractivity contribution < 1.29 is 23.9 Å². The summed E-state index contributed by atoms with van der Waals surface area (Å²) in [6.07, 6.45) is 1.57. The summed E-state index contributed by atoms with van der Waals surface area (Å²) in [5, 5.41) is -0.371. The monoisotopic (exact) mass is 447 g/mol. The van der Waals surface area contributed by atoms with E-state index < -0.39 is 11.9 Å². The fraction of sp³-hybridized carbons (Fsp3) is 0.105. The van der Waals surface area contributed by atoms with Gasteiger partial charge in [0.25, 0.3) is 11.1 Å². The first-order chi connectivity index (χ1) is 13.0. The summed E-state index contributed by atoms with van der Waals surface area (Å²) in [5.74, 6) is -0.529. The predicted octanol–water partition coefficient (Wildman–Crippen LogP) is 4.24. The Morgan fingerprint density at radius 3 is 2.63 bits per heavy atom. The van der Waals surface area contributed by atoms with Gasteiger partial charge in [-0.2, -0.15) is 0 Å². The predicted molar refractivity (Wildman–Crippen MR) is 107 cm³/mol. The van der Waals surface area contributed by atoms with E-state index in [1.165, 1.54) is 7.11 Å². The molecule has 0 atom stereocenters. The molecule has 27 heavy (non-hydrogen) atoms. The van der Waals surface area contributed by atoms with Crippen LogP contribution in [0.25, 0.3) is 6.08 Å². The summed E-state index contributed by atoms with van der Waals surface area (Å²) in [5.41, 5.74) is 1.08. The number of benzene rings is 2. The summed E-state index contributed by atoms with van der Waals surface area (Å²) in [6.45, 7) is -0.259. The normalized spacial score (nSPS) is 15.3. The van der Waals surface area contributed by atoms with E-state index in [9.17, 15) is 14.4 Å². The standard InChI is InChI=1S/C19H14BrNO5S/c1-25-17(22)11-26-15-8-7-13(20)9-12(15)10-16-18(23)21(19(24)27-16)14-5-3-2-4-6-14/h2-10H,11H2,1H3/b16-10-. The van der Waals surface area contributed by atoms with E-state index in [2.05, 4.69) is 20.7 Å². The Morgan fingerprint density at radius 1 is 1.19 bits per heavy atom. The number of imide groups is 1. The van der Waals surface area contributed by atoms with Crippen LogP contribution >= 0.6 is 27.7 Å². The van der Waals surface area contributed by atoms with Gasteiger partial charge in [0.1, 0.15) is 5.75 Å². The van der Waals surface area contributed by atoms with Gasteiger partial charge in [-0.05, 0) is 48.2 Å². The zero-order valence-corrected chi connectivity index (χ0v) is 16.6. The van der Waals surface area contributed by atoms with Crippen molar-refractivity contribution in [1.82, 2.24) is 0 Å². The van der Waals surface area contributed by atoms with Gasteiger partial charge in [-0.1, -0.05) is 34.1 Å². The largest absolute Gasteiger partial charge is 0.481 e. The van der Waals surface area contributed by atoms with Crippen molar-refractivity contribution in [1.29, 1.82) is 0 Å².